The van der Waals surface area contributed by atoms with Crippen molar-refractivity contribution in [3.05, 3.63) is 40.3 Å². The summed E-state index contributed by atoms with van der Waals surface area (Å²) >= 11 is 0. The molecule has 4 rings (SSSR count). The quantitative estimate of drug-likeness (QED) is 0.406. The first-order valence-electron chi connectivity index (χ1n) is 13.3. The van der Waals surface area contributed by atoms with Gasteiger partial charge in [0, 0.05) is 38.1 Å². The van der Waals surface area contributed by atoms with Gasteiger partial charge < -0.3 is 14.6 Å². The molecule has 0 aliphatic carbocycles. The van der Waals surface area contributed by atoms with Crippen molar-refractivity contribution in [2.24, 2.45) is 7.05 Å². The number of pyridine rings is 1. The van der Waals surface area contributed by atoms with Gasteiger partial charge in [-0.3, -0.25) is 9.48 Å². The molecule has 0 unspecified atom stereocenters. The van der Waals surface area contributed by atoms with Crippen LogP contribution in [0.4, 0.5) is 0 Å². The third-order valence-electron chi connectivity index (χ3n) is 6.99. The standard InChI is InChI=1S/C27H39N5O4S/c1-5-10-23-22-19-24(28-27(33)26(22)31(4)29-23)21-18-20(11-12-25(21)36-17-6-2)37(34,35)30(3)15-16-32-13-8-7-9-14-32/h11-12,18-19H,5-10,13-17H2,1-4H3,(H,28,33). The van der Waals surface area contributed by atoms with Crippen LogP contribution in [0.25, 0.3) is 22.2 Å². The summed E-state index contributed by atoms with van der Waals surface area (Å²) in [5.74, 6) is 0.535. The van der Waals surface area contributed by atoms with E-state index in [1.807, 2.05) is 13.0 Å². The minimum atomic E-state index is -3.73. The molecule has 10 heteroatoms. The number of piperidine rings is 1. The zero-order chi connectivity index (χ0) is 26.6. The van der Waals surface area contributed by atoms with Crippen LogP contribution in [0.1, 0.15) is 51.6 Å². The molecular weight excluding hydrogens is 490 g/mol. The largest absolute Gasteiger partial charge is 0.493 e. The molecule has 37 heavy (non-hydrogen) atoms. The van der Waals surface area contributed by atoms with Gasteiger partial charge in [-0.1, -0.05) is 26.7 Å². The second-order valence-electron chi connectivity index (χ2n) is 9.83. The van der Waals surface area contributed by atoms with E-state index in [9.17, 15) is 13.2 Å². The second kappa shape index (κ2) is 11.8. The van der Waals surface area contributed by atoms with Crippen molar-refractivity contribution in [3.63, 3.8) is 0 Å². The van der Waals surface area contributed by atoms with E-state index in [0.29, 0.717) is 42.2 Å². The SMILES string of the molecule is CCCOc1ccc(S(=O)(=O)N(C)CCN2CCCCC2)cc1-c1cc2c(CCC)nn(C)c2c(=O)[nH]1. The first-order chi connectivity index (χ1) is 17.8. The molecule has 0 radical (unpaired) electrons. The van der Waals surface area contributed by atoms with Crippen molar-refractivity contribution in [3.8, 4) is 17.0 Å². The third kappa shape index (κ3) is 5.91. The molecule has 1 fully saturated rings. The average Bonchev–Trinajstić information content (AvgIpc) is 3.21. The maximum atomic E-state index is 13.5. The molecule has 1 saturated heterocycles. The van der Waals surface area contributed by atoms with Crippen LogP contribution in [-0.2, 0) is 23.5 Å². The first kappa shape index (κ1) is 27.3. The molecule has 0 amide bonds. The molecule has 1 aliphatic rings. The lowest BCUT2D eigenvalue weighted by Crippen LogP contribution is -2.38. The minimum Gasteiger partial charge on any atom is -0.493 e. The molecule has 0 saturated carbocycles. The van der Waals surface area contributed by atoms with Gasteiger partial charge in [0.05, 0.1) is 22.9 Å². The number of likely N-dealkylation sites (tertiary alicyclic amines) is 1. The van der Waals surface area contributed by atoms with E-state index in [2.05, 4.69) is 21.9 Å². The molecule has 0 atom stereocenters. The van der Waals surface area contributed by atoms with E-state index in [4.69, 9.17) is 4.74 Å². The number of H-pyrrole nitrogens is 1. The zero-order valence-corrected chi connectivity index (χ0v) is 23.2. The Morgan fingerprint density at radius 3 is 2.57 bits per heavy atom. The van der Waals surface area contributed by atoms with Crippen molar-refractivity contribution < 1.29 is 13.2 Å². The van der Waals surface area contributed by atoms with Crippen LogP contribution in [0.15, 0.2) is 34.0 Å². The summed E-state index contributed by atoms with van der Waals surface area (Å²) in [5.41, 5.74) is 2.15. The Morgan fingerprint density at radius 2 is 1.86 bits per heavy atom. The summed E-state index contributed by atoms with van der Waals surface area (Å²) in [6, 6.07) is 6.78. The van der Waals surface area contributed by atoms with E-state index in [1.165, 1.54) is 23.6 Å². The highest BCUT2D eigenvalue weighted by Crippen LogP contribution is 2.33. The molecule has 0 spiro atoms. The average molecular weight is 530 g/mol. The molecule has 2 aromatic heterocycles. The van der Waals surface area contributed by atoms with Gasteiger partial charge in [-0.15, -0.1) is 0 Å². The highest BCUT2D eigenvalue weighted by Gasteiger charge is 2.24. The summed E-state index contributed by atoms with van der Waals surface area (Å²) < 4.78 is 36.0. The Hall–Kier alpha value is -2.69. The fourth-order valence-electron chi connectivity index (χ4n) is 4.93. The fraction of sp³-hybridized carbons (Fsp3) is 0.556. The fourth-order valence-corrected chi connectivity index (χ4v) is 6.12. The molecule has 1 N–H and O–H groups in total. The Labute approximate surface area is 219 Å². The number of hydrogen-bond donors (Lipinski definition) is 1. The number of aryl methyl sites for hydroxylation is 2. The molecule has 1 aromatic carbocycles. The summed E-state index contributed by atoms with van der Waals surface area (Å²) in [5, 5.41) is 5.32. The number of aromatic amines is 1. The maximum absolute atomic E-state index is 13.5. The Bertz CT molecular complexity index is 1390. The molecule has 202 valence electrons. The van der Waals surface area contributed by atoms with Crippen LogP contribution >= 0.6 is 0 Å². The van der Waals surface area contributed by atoms with Crippen LogP contribution in [0.2, 0.25) is 0 Å². The van der Waals surface area contributed by atoms with Gasteiger partial charge in [0.1, 0.15) is 11.3 Å². The van der Waals surface area contributed by atoms with Crippen molar-refractivity contribution in [2.75, 3.05) is 39.8 Å². The lowest BCUT2D eigenvalue weighted by molar-refractivity contribution is 0.218. The number of rotatable bonds is 11. The lowest BCUT2D eigenvalue weighted by Gasteiger charge is -2.28. The van der Waals surface area contributed by atoms with Gasteiger partial charge in [0.15, 0.2) is 0 Å². The second-order valence-corrected chi connectivity index (χ2v) is 11.9. The van der Waals surface area contributed by atoms with Gasteiger partial charge in [-0.05, 0) is 63.0 Å². The number of sulfonamides is 1. The van der Waals surface area contributed by atoms with Crippen LogP contribution in [0.3, 0.4) is 0 Å². The van der Waals surface area contributed by atoms with Gasteiger partial charge >= 0.3 is 0 Å². The highest BCUT2D eigenvalue weighted by molar-refractivity contribution is 7.89. The van der Waals surface area contributed by atoms with Gasteiger partial charge in [0.25, 0.3) is 5.56 Å². The van der Waals surface area contributed by atoms with Crippen LogP contribution in [-0.4, -0.2) is 72.2 Å². The smallest absolute Gasteiger partial charge is 0.274 e. The number of benzene rings is 1. The predicted octanol–water partition coefficient (Wildman–Crippen LogP) is 3.78. The van der Waals surface area contributed by atoms with Crippen molar-refractivity contribution in [1.29, 1.82) is 0 Å². The Kier molecular flexibility index (Phi) is 8.71. The lowest BCUT2D eigenvalue weighted by atomic mass is 10.1. The van der Waals surface area contributed by atoms with Crippen LogP contribution in [0.5, 0.6) is 5.75 Å². The third-order valence-corrected chi connectivity index (χ3v) is 8.84. The van der Waals surface area contributed by atoms with Crippen molar-refractivity contribution in [2.45, 2.75) is 57.3 Å². The van der Waals surface area contributed by atoms with Gasteiger partial charge in [0.2, 0.25) is 10.0 Å². The molecule has 3 aromatic rings. The molecule has 3 heterocycles. The number of aromatic nitrogens is 3. The van der Waals surface area contributed by atoms with Gasteiger partial charge in [-0.2, -0.15) is 9.40 Å². The number of nitrogens with one attached hydrogen (secondary N) is 1. The van der Waals surface area contributed by atoms with E-state index >= 15 is 0 Å². The van der Waals surface area contributed by atoms with Crippen LogP contribution in [0, 0.1) is 0 Å². The highest BCUT2D eigenvalue weighted by atomic mass is 32.2. The summed E-state index contributed by atoms with van der Waals surface area (Å²) in [6.07, 6.45) is 6.02. The molecule has 1 aliphatic heterocycles. The summed E-state index contributed by atoms with van der Waals surface area (Å²) in [4.78, 5) is 18.5. The van der Waals surface area contributed by atoms with Crippen LogP contribution < -0.4 is 10.3 Å². The Balaban J connectivity index is 1.73. The number of fused-ring (bicyclic) bond motifs is 1. The number of hydrogen-bond acceptors (Lipinski definition) is 6. The topological polar surface area (TPSA) is 101 Å². The zero-order valence-electron chi connectivity index (χ0n) is 22.4. The molecule has 9 nitrogen and oxygen atoms in total. The van der Waals surface area contributed by atoms with E-state index < -0.39 is 10.0 Å². The van der Waals surface area contributed by atoms with E-state index in [0.717, 1.165) is 43.4 Å². The first-order valence-corrected chi connectivity index (χ1v) is 14.7. The normalized spacial score (nSPS) is 15.1. The minimum absolute atomic E-state index is 0.174. The summed E-state index contributed by atoms with van der Waals surface area (Å²) in [7, 11) is -0.341. The van der Waals surface area contributed by atoms with Crippen molar-refractivity contribution >= 4 is 20.9 Å². The monoisotopic (exact) mass is 529 g/mol. The van der Waals surface area contributed by atoms with E-state index in [1.54, 1.807) is 37.0 Å². The Morgan fingerprint density at radius 1 is 1.11 bits per heavy atom. The number of ether oxygens (including phenoxy) is 1. The number of likely N-dealkylation sites (N-methyl/N-ethyl adjacent to an activating group) is 1. The number of nitrogens with zero attached hydrogens (tertiary/aromatic N) is 4. The van der Waals surface area contributed by atoms with Crippen molar-refractivity contribution in [1.82, 2.24) is 24.0 Å². The van der Waals surface area contributed by atoms with Gasteiger partial charge in [-0.25, -0.2) is 8.42 Å². The summed E-state index contributed by atoms with van der Waals surface area (Å²) in [6.45, 7) is 7.74. The predicted molar refractivity (Wildman–Crippen MR) is 147 cm³/mol. The molecular formula is C27H39N5O4S. The van der Waals surface area contributed by atoms with E-state index in [-0.39, 0.29) is 10.5 Å². The molecule has 0 bridgehead atoms. The maximum Gasteiger partial charge on any atom is 0.274 e.